The Morgan fingerprint density at radius 3 is 2.70 bits per heavy atom. The third-order valence-corrected chi connectivity index (χ3v) is 5.07. The zero-order valence-electron chi connectivity index (χ0n) is 13.1. The second kappa shape index (κ2) is 6.22. The fourth-order valence-electron chi connectivity index (χ4n) is 3.07. The largest absolute Gasteiger partial charge is 0.353 e. The number of nitrogens with zero attached hydrogens (tertiary/aromatic N) is 5. The molecule has 1 aliphatic rings. The summed E-state index contributed by atoms with van der Waals surface area (Å²) < 4.78 is 0. The number of anilines is 1. The van der Waals surface area contributed by atoms with E-state index in [2.05, 4.69) is 49.2 Å². The van der Waals surface area contributed by atoms with E-state index in [1.807, 2.05) is 12.1 Å². The Hall–Kier alpha value is -2.05. The zero-order valence-corrected chi connectivity index (χ0v) is 14.0. The summed E-state index contributed by atoms with van der Waals surface area (Å²) in [5.74, 6) is 1.06. The van der Waals surface area contributed by atoms with Crippen molar-refractivity contribution in [3.05, 3.63) is 46.7 Å². The Morgan fingerprint density at radius 2 is 1.91 bits per heavy atom. The minimum absolute atomic E-state index is 0.947. The van der Waals surface area contributed by atoms with Crippen LogP contribution in [0, 0.1) is 6.92 Å². The van der Waals surface area contributed by atoms with Gasteiger partial charge in [0.25, 0.3) is 0 Å². The van der Waals surface area contributed by atoms with Crippen molar-refractivity contribution in [1.82, 2.24) is 19.9 Å². The van der Waals surface area contributed by atoms with Crippen LogP contribution in [0.4, 0.5) is 5.82 Å². The van der Waals surface area contributed by atoms with Crippen LogP contribution in [0.5, 0.6) is 0 Å². The maximum Gasteiger partial charge on any atom is 0.139 e. The average Bonchev–Trinajstić information content (AvgIpc) is 3.00. The lowest BCUT2D eigenvalue weighted by Crippen LogP contribution is -2.46. The Bertz CT molecular complexity index is 802. The molecule has 118 valence electrons. The van der Waals surface area contributed by atoms with E-state index in [1.54, 1.807) is 17.7 Å². The summed E-state index contributed by atoms with van der Waals surface area (Å²) in [7, 11) is 0. The van der Waals surface area contributed by atoms with Crippen LogP contribution >= 0.6 is 11.3 Å². The molecule has 0 amide bonds. The Morgan fingerprint density at radius 1 is 1.09 bits per heavy atom. The molecule has 3 heterocycles. The van der Waals surface area contributed by atoms with Gasteiger partial charge in [-0.1, -0.05) is 12.1 Å². The Balaban J connectivity index is 1.46. The molecule has 0 N–H and O–H groups in total. The lowest BCUT2D eigenvalue weighted by Gasteiger charge is -2.35. The first-order valence-electron chi connectivity index (χ1n) is 7.87. The van der Waals surface area contributed by atoms with Gasteiger partial charge in [0.05, 0.1) is 16.2 Å². The predicted molar refractivity (Wildman–Crippen MR) is 93.9 cm³/mol. The van der Waals surface area contributed by atoms with E-state index in [0.29, 0.717) is 0 Å². The molecule has 1 saturated heterocycles. The number of aromatic nitrogens is 3. The molecule has 0 atom stereocenters. The topological polar surface area (TPSA) is 45.2 Å². The van der Waals surface area contributed by atoms with Crippen LogP contribution in [0.2, 0.25) is 0 Å². The standard InChI is InChI=1S/C17H19N5S/c1-13-20-14(11-23-13)10-21-6-8-22(9-7-21)17-15-4-2-3-5-16(15)18-12-19-17/h2-5,11-12H,6-10H2,1H3. The van der Waals surface area contributed by atoms with Gasteiger partial charge in [-0.2, -0.15) is 0 Å². The van der Waals surface area contributed by atoms with Crippen LogP contribution in [-0.2, 0) is 6.54 Å². The van der Waals surface area contributed by atoms with E-state index in [4.69, 9.17) is 0 Å². The van der Waals surface area contributed by atoms with Crippen molar-refractivity contribution < 1.29 is 0 Å². The van der Waals surface area contributed by atoms with E-state index >= 15 is 0 Å². The molecule has 0 bridgehead atoms. The number of benzene rings is 1. The molecule has 1 fully saturated rings. The summed E-state index contributed by atoms with van der Waals surface area (Å²) >= 11 is 1.73. The lowest BCUT2D eigenvalue weighted by molar-refractivity contribution is 0.247. The van der Waals surface area contributed by atoms with Gasteiger partial charge >= 0.3 is 0 Å². The number of piperazine rings is 1. The molecule has 1 aromatic carbocycles. The third-order valence-electron chi connectivity index (χ3n) is 4.25. The fourth-order valence-corrected chi connectivity index (χ4v) is 3.67. The monoisotopic (exact) mass is 325 g/mol. The second-order valence-corrected chi connectivity index (χ2v) is 6.90. The van der Waals surface area contributed by atoms with E-state index in [-0.39, 0.29) is 0 Å². The quantitative estimate of drug-likeness (QED) is 0.741. The second-order valence-electron chi connectivity index (χ2n) is 5.84. The first-order valence-corrected chi connectivity index (χ1v) is 8.75. The van der Waals surface area contributed by atoms with Crippen LogP contribution in [0.25, 0.3) is 10.9 Å². The van der Waals surface area contributed by atoms with Gasteiger partial charge < -0.3 is 4.90 Å². The SMILES string of the molecule is Cc1nc(CN2CCN(c3ncnc4ccccc34)CC2)cs1. The van der Waals surface area contributed by atoms with Crippen molar-refractivity contribution in [3.63, 3.8) is 0 Å². The van der Waals surface area contributed by atoms with Crippen LogP contribution < -0.4 is 4.90 Å². The molecule has 5 nitrogen and oxygen atoms in total. The van der Waals surface area contributed by atoms with E-state index in [0.717, 1.165) is 54.5 Å². The minimum atomic E-state index is 0.947. The third kappa shape index (κ3) is 3.04. The van der Waals surface area contributed by atoms with Gasteiger partial charge in [0.1, 0.15) is 12.1 Å². The van der Waals surface area contributed by atoms with Gasteiger partial charge in [-0.15, -0.1) is 11.3 Å². The summed E-state index contributed by atoms with van der Waals surface area (Å²) in [4.78, 5) is 18.3. The number of aryl methyl sites for hydroxylation is 1. The average molecular weight is 325 g/mol. The molecule has 0 unspecified atom stereocenters. The lowest BCUT2D eigenvalue weighted by atomic mass is 10.2. The summed E-state index contributed by atoms with van der Waals surface area (Å²) in [5.41, 5.74) is 2.20. The van der Waals surface area contributed by atoms with Crippen molar-refractivity contribution in [3.8, 4) is 0 Å². The maximum atomic E-state index is 4.57. The van der Waals surface area contributed by atoms with Gasteiger partial charge in [0.2, 0.25) is 0 Å². The number of thiazole rings is 1. The van der Waals surface area contributed by atoms with Gasteiger partial charge in [0, 0.05) is 43.5 Å². The van der Waals surface area contributed by atoms with Crippen molar-refractivity contribution in [2.75, 3.05) is 31.1 Å². The van der Waals surface area contributed by atoms with Crippen molar-refractivity contribution >= 4 is 28.1 Å². The van der Waals surface area contributed by atoms with Gasteiger partial charge in [-0.3, -0.25) is 4.90 Å². The van der Waals surface area contributed by atoms with Gasteiger partial charge in [-0.05, 0) is 19.1 Å². The van der Waals surface area contributed by atoms with Crippen LogP contribution in [0.1, 0.15) is 10.7 Å². The van der Waals surface area contributed by atoms with Crippen molar-refractivity contribution in [1.29, 1.82) is 0 Å². The number of para-hydroxylation sites is 1. The number of fused-ring (bicyclic) bond motifs is 1. The minimum Gasteiger partial charge on any atom is -0.353 e. The Labute approximate surface area is 139 Å². The molecule has 4 rings (SSSR count). The van der Waals surface area contributed by atoms with E-state index in [9.17, 15) is 0 Å². The van der Waals surface area contributed by atoms with Crippen molar-refractivity contribution in [2.45, 2.75) is 13.5 Å². The van der Waals surface area contributed by atoms with Crippen LogP contribution in [0.3, 0.4) is 0 Å². The van der Waals surface area contributed by atoms with Gasteiger partial charge in [-0.25, -0.2) is 15.0 Å². The molecule has 2 aromatic heterocycles. The summed E-state index contributed by atoms with van der Waals surface area (Å²) in [6.07, 6.45) is 1.67. The Kier molecular flexibility index (Phi) is 3.93. The first kappa shape index (κ1) is 14.5. The number of hydrogen-bond acceptors (Lipinski definition) is 6. The molecule has 0 spiro atoms. The molecule has 6 heteroatoms. The molecular formula is C17H19N5S. The molecule has 3 aromatic rings. The summed E-state index contributed by atoms with van der Waals surface area (Å²) in [6.45, 7) is 7.06. The number of rotatable bonds is 3. The fraction of sp³-hybridized carbons (Fsp3) is 0.353. The molecule has 0 saturated carbocycles. The summed E-state index contributed by atoms with van der Waals surface area (Å²) in [5, 5.41) is 4.45. The summed E-state index contributed by atoms with van der Waals surface area (Å²) in [6, 6.07) is 8.22. The van der Waals surface area contributed by atoms with Crippen molar-refractivity contribution in [2.24, 2.45) is 0 Å². The highest BCUT2D eigenvalue weighted by atomic mass is 32.1. The van der Waals surface area contributed by atoms with E-state index in [1.165, 1.54) is 5.69 Å². The highest BCUT2D eigenvalue weighted by Gasteiger charge is 2.20. The maximum absolute atomic E-state index is 4.57. The molecule has 1 aliphatic heterocycles. The predicted octanol–water partition coefficient (Wildman–Crippen LogP) is 2.72. The smallest absolute Gasteiger partial charge is 0.139 e. The van der Waals surface area contributed by atoms with E-state index < -0.39 is 0 Å². The zero-order chi connectivity index (χ0) is 15.6. The number of hydrogen-bond donors (Lipinski definition) is 0. The highest BCUT2D eigenvalue weighted by Crippen LogP contribution is 2.23. The highest BCUT2D eigenvalue weighted by molar-refractivity contribution is 7.09. The molecule has 23 heavy (non-hydrogen) atoms. The molecule has 0 radical (unpaired) electrons. The van der Waals surface area contributed by atoms with Crippen LogP contribution in [-0.4, -0.2) is 46.0 Å². The van der Waals surface area contributed by atoms with Gasteiger partial charge in [0.15, 0.2) is 0 Å². The van der Waals surface area contributed by atoms with Crippen LogP contribution in [0.15, 0.2) is 36.0 Å². The molecular weight excluding hydrogens is 306 g/mol. The first-order chi connectivity index (χ1) is 11.3. The molecule has 0 aliphatic carbocycles. The normalized spacial score (nSPS) is 16.1.